The number of rotatable bonds is 5. The van der Waals surface area contributed by atoms with Crippen LogP contribution >= 0.6 is 0 Å². The van der Waals surface area contributed by atoms with Crippen molar-refractivity contribution in [1.82, 2.24) is 4.98 Å². The monoisotopic (exact) mass is 341 g/mol. The predicted molar refractivity (Wildman–Crippen MR) is 77.9 cm³/mol. The van der Waals surface area contributed by atoms with Crippen molar-refractivity contribution >= 4 is 27.4 Å². The first-order chi connectivity index (χ1) is 10.5. The Kier molecular flexibility index (Phi) is 5.42. The lowest BCUT2D eigenvalue weighted by Crippen LogP contribution is -2.48. The Morgan fingerprint density at radius 2 is 2.13 bits per heavy atom. The fraction of sp³-hybridized carbons (Fsp3) is 0.385. The van der Waals surface area contributed by atoms with Crippen molar-refractivity contribution in [3.8, 4) is 6.07 Å². The maximum atomic E-state index is 12.0. The first kappa shape index (κ1) is 18.5. The van der Waals surface area contributed by atoms with Crippen molar-refractivity contribution in [2.24, 2.45) is 0 Å². The highest BCUT2D eigenvalue weighted by molar-refractivity contribution is 7.90. The Balaban J connectivity index is 3.14. The molecule has 0 saturated carbocycles. The lowest BCUT2D eigenvalue weighted by Gasteiger charge is -2.20. The van der Waals surface area contributed by atoms with E-state index in [1.165, 1.54) is 6.92 Å². The van der Waals surface area contributed by atoms with E-state index in [2.05, 4.69) is 15.0 Å². The molecular formula is C13H15N3O6S. The maximum absolute atomic E-state index is 12.0. The summed E-state index contributed by atoms with van der Waals surface area (Å²) in [4.78, 5) is 26.7. The smallest absolute Gasteiger partial charge is 0.347 e. The number of amides is 1. The number of aromatic nitrogens is 1. The molecule has 1 atom stereocenters. The zero-order chi connectivity index (χ0) is 17.8. The summed E-state index contributed by atoms with van der Waals surface area (Å²) in [6.45, 7) is 2.42. The van der Waals surface area contributed by atoms with E-state index in [1.54, 1.807) is 6.07 Å². The minimum absolute atomic E-state index is 0.0289. The minimum Gasteiger partial charge on any atom is -0.463 e. The third-order valence-corrected chi connectivity index (χ3v) is 3.84. The van der Waals surface area contributed by atoms with Crippen molar-refractivity contribution in [1.29, 1.82) is 5.26 Å². The van der Waals surface area contributed by atoms with E-state index in [0.29, 0.717) is 0 Å². The van der Waals surface area contributed by atoms with Gasteiger partial charge in [0.1, 0.15) is 11.0 Å². The van der Waals surface area contributed by atoms with E-state index >= 15 is 0 Å². The van der Waals surface area contributed by atoms with E-state index in [1.807, 2.05) is 0 Å². The van der Waals surface area contributed by atoms with Gasteiger partial charge in [0, 0.05) is 6.26 Å². The van der Waals surface area contributed by atoms with Crippen LogP contribution in [0, 0.1) is 11.3 Å². The SMILES string of the molecule is CCOC(=O)C(C)(O)C(=O)Nc1cnc(C#N)c(S(C)(=O)=O)c1. The molecule has 10 heteroatoms. The quantitative estimate of drug-likeness (QED) is 0.543. The molecule has 1 rings (SSSR count). The maximum Gasteiger partial charge on any atom is 0.347 e. The average Bonchev–Trinajstić information content (AvgIpc) is 2.46. The summed E-state index contributed by atoms with van der Waals surface area (Å²) >= 11 is 0. The first-order valence-electron chi connectivity index (χ1n) is 6.35. The number of hydrogen-bond acceptors (Lipinski definition) is 8. The van der Waals surface area contributed by atoms with Gasteiger partial charge in [0.15, 0.2) is 15.5 Å². The number of hydrogen-bond donors (Lipinski definition) is 2. The summed E-state index contributed by atoms with van der Waals surface area (Å²) in [5.41, 5.74) is -2.89. The number of nitriles is 1. The third kappa shape index (κ3) is 4.24. The third-order valence-electron chi connectivity index (χ3n) is 2.73. The van der Waals surface area contributed by atoms with Gasteiger partial charge in [-0.1, -0.05) is 0 Å². The molecule has 23 heavy (non-hydrogen) atoms. The molecule has 0 aliphatic rings. The van der Waals surface area contributed by atoms with E-state index < -0.39 is 27.3 Å². The van der Waals surface area contributed by atoms with Crippen LogP contribution in [0.1, 0.15) is 19.5 Å². The van der Waals surface area contributed by atoms with Gasteiger partial charge >= 0.3 is 5.97 Å². The van der Waals surface area contributed by atoms with Crippen LogP contribution in [0.5, 0.6) is 0 Å². The highest BCUT2D eigenvalue weighted by Crippen LogP contribution is 2.19. The molecule has 1 amide bonds. The molecule has 2 N–H and O–H groups in total. The molecule has 0 aliphatic carbocycles. The number of carbonyl (C=O) groups is 2. The minimum atomic E-state index is -3.75. The fourth-order valence-electron chi connectivity index (χ4n) is 1.50. The van der Waals surface area contributed by atoms with Crippen molar-refractivity contribution < 1.29 is 27.9 Å². The standard InChI is InChI=1S/C13H15N3O6S/c1-4-22-12(18)13(2,19)11(17)16-8-5-10(23(3,20)21)9(6-14)15-7-8/h5,7,19H,4H2,1-3H3,(H,16,17). The lowest BCUT2D eigenvalue weighted by atomic mass is 10.1. The van der Waals surface area contributed by atoms with Gasteiger partial charge in [0.05, 0.1) is 18.5 Å². The highest BCUT2D eigenvalue weighted by Gasteiger charge is 2.40. The Morgan fingerprint density at radius 3 is 2.61 bits per heavy atom. The number of sulfone groups is 1. The summed E-state index contributed by atoms with van der Waals surface area (Å²) < 4.78 is 27.8. The molecule has 0 fully saturated rings. The van der Waals surface area contributed by atoms with E-state index in [-0.39, 0.29) is 22.9 Å². The Labute approximate surface area is 132 Å². The second kappa shape index (κ2) is 6.72. The van der Waals surface area contributed by atoms with Crippen molar-refractivity contribution in [3.05, 3.63) is 18.0 Å². The molecule has 1 unspecified atom stereocenters. The summed E-state index contributed by atoms with van der Waals surface area (Å²) in [5.74, 6) is -2.27. The number of aliphatic hydroxyl groups is 1. The molecule has 0 spiro atoms. The second-order valence-corrected chi connectivity index (χ2v) is 6.69. The first-order valence-corrected chi connectivity index (χ1v) is 8.24. The molecule has 1 heterocycles. The molecule has 0 aromatic carbocycles. The van der Waals surface area contributed by atoms with Gasteiger partial charge in [-0.3, -0.25) is 4.79 Å². The van der Waals surface area contributed by atoms with Gasteiger partial charge in [0.2, 0.25) is 5.60 Å². The van der Waals surface area contributed by atoms with Gasteiger partial charge in [-0.05, 0) is 19.9 Å². The van der Waals surface area contributed by atoms with Crippen LogP contribution in [0.4, 0.5) is 5.69 Å². The van der Waals surface area contributed by atoms with E-state index in [9.17, 15) is 23.1 Å². The summed E-state index contributed by atoms with van der Waals surface area (Å²) in [5, 5.41) is 20.9. The largest absolute Gasteiger partial charge is 0.463 e. The zero-order valence-corrected chi connectivity index (χ0v) is 13.5. The number of ether oxygens (including phenoxy) is 1. The molecule has 0 aliphatic heterocycles. The van der Waals surface area contributed by atoms with Crippen molar-refractivity contribution in [2.45, 2.75) is 24.3 Å². The van der Waals surface area contributed by atoms with E-state index in [0.717, 1.165) is 25.4 Å². The Morgan fingerprint density at radius 1 is 1.52 bits per heavy atom. The number of nitrogens with zero attached hydrogens (tertiary/aromatic N) is 2. The van der Waals surface area contributed by atoms with Crippen LogP contribution in [-0.2, 0) is 24.2 Å². The molecule has 9 nitrogen and oxygen atoms in total. The summed E-state index contributed by atoms with van der Waals surface area (Å²) in [6.07, 6.45) is 1.91. The molecule has 0 bridgehead atoms. The molecule has 124 valence electrons. The lowest BCUT2D eigenvalue weighted by molar-refractivity contribution is -0.167. The molecule has 0 saturated heterocycles. The average molecular weight is 341 g/mol. The van der Waals surface area contributed by atoms with Crippen LogP contribution in [0.3, 0.4) is 0 Å². The normalized spacial score (nSPS) is 13.5. The van der Waals surface area contributed by atoms with Gasteiger partial charge < -0.3 is 15.2 Å². The second-order valence-electron chi connectivity index (χ2n) is 4.70. The predicted octanol–water partition coefficient (Wildman–Crippen LogP) is -0.391. The van der Waals surface area contributed by atoms with Crippen LogP contribution in [0.15, 0.2) is 17.2 Å². The van der Waals surface area contributed by atoms with Crippen molar-refractivity contribution in [3.63, 3.8) is 0 Å². The fourth-order valence-corrected chi connectivity index (χ4v) is 2.29. The molecule has 1 aromatic rings. The Bertz CT molecular complexity index is 779. The summed E-state index contributed by atoms with van der Waals surface area (Å²) in [7, 11) is -3.75. The molecular weight excluding hydrogens is 326 g/mol. The number of esters is 1. The highest BCUT2D eigenvalue weighted by atomic mass is 32.2. The summed E-state index contributed by atoms with van der Waals surface area (Å²) in [6, 6.07) is 2.64. The molecule has 1 aromatic heterocycles. The van der Waals surface area contributed by atoms with Crippen LogP contribution in [0.2, 0.25) is 0 Å². The topological polar surface area (TPSA) is 146 Å². The number of nitrogens with one attached hydrogen (secondary N) is 1. The van der Waals surface area contributed by atoms with Gasteiger partial charge in [0.25, 0.3) is 5.91 Å². The van der Waals surface area contributed by atoms with E-state index in [4.69, 9.17) is 5.26 Å². The molecule has 0 radical (unpaired) electrons. The van der Waals surface area contributed by atoms with Gasteiger partial charge in [-0.15, -0.1) is 0 Å². The number of anilines is 1. The van der Waals surface area contributed by atoms with Crippen molar-refractivity contribution in [2.75, 3.05) is 18.2 Å². The zero-order valence-electron chi connectivity index (χ0n) is 12.7. The van der Waals surface area contributed by atoms with Gasteiger partial charge in [-0.25, -0.2) is 18.2 Å². The van der Waals surface area contributed by atoms with Gasteiger partial charge in [-0.2, -0.15) is 5.26 Å². The number of carbonyl (C=O) groups excluding carboxylic acids is 2. The van der Waals surface area contributed by atoms with Crippen LogP contribution in [-0.4, -0.2) is 48.8 Å². The van der Waals surface area contributed by atoms with Crippen LogP contribution in [0.25, 0.3) is 0 Å². The number of pyridine rings is 1. The Hall–Kier alpha value is -2.51. The van der Waals surface area contributed by atoms with Crippen LogP contribution < -0.4 is 5.32 Å².